The lowest BCUT2D eigenvalue weighted by Gasteiger charge is -2.27. The summed E-state index contributed by atoms with van der Waals surface area (Å²) in [4.78, 5) is 11.1. The van der Waals surface area contributed by atoms with Crippen LogP contribution in [0.15, 0.2) is 0 Å². The zero-order valence-corrected chi connectivity index (χ0v) is 10.3. The Morgan fingerprint density at radius 2 is 1.87 bits per heavy atom. The maximum atomic E-state index is 11.1. The quantitative estimate of drug-likeness (QED) is 0.274. The normalized spacial score (nSPS) is 15.7. The monoisotopic (exact) mass is 235 g/mol. The highest BCUT2D eigenvalue weighted by atomic mass is 31.2. The first kappa shape index (κ1) is 14.6. The van der Waals surface area contributed by atoms with Gasteiger partial charge < -0.3 is 18.4 Å². The third-order valence-electron chi connectivity index (χ3n) is 1.51. The lowest BCUT2D eigenvalue weighted by Crippen LogP contribution is -2.37. The lowest BCUT2D eigenvalue weighted by atomic mass is 10.5. The van der Waals surface area contributed by atoms with Gasteiger partial charge in [-0.05, 0) is 0 Å². The molecule has 0 saturated carbocycles. The minimum Gasteiger partial charge on any atom is -0.756 e. The number of terminal acetylenes is 1. The van der Waals surface area contributed by atoms with E-state index in [2.05, 4.69) is 15.0 Å². The molecule has 0 aromatic carbocycles. The van der Waals surface area contributed by atoms with Gasteiger partial charge in [0.1, 0.15) is 13.2 Å². The number of hydrogen-bond acceptors (Lipinski definition) is 4. The molecule has 0 saturated heterocycles. The second-order valence-electron chi connectivity index (χ2n) is 4.08. The Balaban J connectivity index is 3.75. The average Bonchev–Trinajstić information content (AvgIpc) is 2.01. The van der Waals surface area contributed by atoms with Crippen molar-refractivity contribution in [3.63, 3.8) is 0 Å². The van der Waals surface area contributed by atoms with Crippen LogP contribution in [0.3, 0.4) is 0 Å². The van der Waals surface area contributed by atoms with Crippen molar-refractivity contribution in [2.45, 2.75) is 6.42 Å². The standard InChI is InChI=1S/C9H18NO4P/c1-5-6-8-13-15(11,12)14-9-7-10(2,3)4/h1H,6-9H2,2-4H3. The van der Waals surface area contributed by atoms with Crippen LogP contribution in [0.2, 0.25) is 0 Å². The summed E-state index contributed by atoms with van der Waals surface area (Å²) in [6.45, 7) is 0.673. The first-order valence-electron chi connectivity index (χ1n) is 4.61. The third kappa shape index (κ3) is 9.92. The topological polar surface area (TPSA) is 58.6 Å². The van der Waals surface area contributed by atoms with Gasteiger partial charge in [-0.15, -0.1) is 12.3 Å². The van der Waals surface area contributed by atoms with Gasteiger partial charge in [0.25, 0.3) is 7.82 Å². The molecule has 5 nitrogen and oxygen atoms in total. The highest BCUT2D eigenvalue weighted by molar-refractivity contribution is 7.45. The molecule has 1 atom stereocenters. The number of phosphoric ester groups is 1. The molecule has 0 radical (unpaired) electrons. The lowest BCUT2D eigenvalue weighted by molar-refractivity contribution is -0.870. The van der Waals surface area contributed by atoms with Gasteiger partial charge in [-0.1, -0.05) is 0 Å². The zero-order valence-electron chi connectivity index (χ0n) is 9.43. The van der Waals surface area contributed by atoms with Crippen LogP contribution >= 0.6 is 7.82 Å². The molecule has 0 aromatic rings. The largest absolute Gasteiger partial charge is 0.756 e. The Morgan fingerprint density at radius 3 is 2.33 bits per heavy atom. The van der Waals surface area contributed by atoms with E-state index in [1.807, 2.05) is 21.1 Å². The molecule has 0 heterocycles. The Labute approximate surface area is 91.2 Å². The fourth-order valence-corrected chi connectivity index (χ4v) is 1.37. The molecule has 0 fully saturated rings. The van der Waals surface area contributed by atoms with Crippen LogP contribution in [0, 0.1) is 12.3 Å². The van der Waals surface area contributed by atoms with E-state index < -0.39 is 7.82 Å². The van der Waals surface area contributed by atoms with Gasteiger partial charge in [0.15, 0.2) is 0 Å². The number of rotatable bonds is 7. The molecule has 0 aliphatic rings. The highest BCUT2D eigenvalue weighted by Gasteiger charge is 2.12. The Kier molecular flexibility index (Phi) is 6.11. The molecule has 0 aliphatic heterocycles. The van der Waals surface area contributed by atoms with E-state index in [1.165, 1.54) is 0 Å². The molecule has 0 amide bonds. The predicted molar refractivity (Wildman–Crippen MR) is 55.9 cm³/mol. The van der Waals surface area contributed by atoms with Gasteiger partial charge in [-0.2, -0.15) is 0 Å². The summed E-state index contributed by atoms with van der Waals surface area (Å²) in [6, 6.07) is 0. The van der Waals surface area contributed by atoms with Crippen molar-refractivity contribution < 1.29 is 23.0 Å². The van der Waals surface area contributed by atoms with E-state index in [-0.39, 0.29) is 19.6 Å². The second kappa shape index (κ2) is 6.26. The molecule has 1 unspecified atom stereocenters. The number of hydrogen-bond donors (Lipinski definition) is 0. The molecule has 0 N–H and O–H groups in total. The van der Waals surface area contributed by atoms with Crippen molar-refractivity contribution in [3.05, 3.63) is 0 Å². The highest BCUT2D eigenvalue weighted by Crippen LogP contribution is 2.37. The van der Waals surface area contributed by atoms with Crippen molar-refractivity contribution in [1.82, 2.24) is 0 Å². The van der Waals surface area contributed by atoms with Crippen LogP contribution in [0.4, 0.5) is 0 Å². The molecule has 88 valence electrons. The van der Waals surface area contributed by atoms with Crippen LogP contribution in [0.5, 0.6) is 0 Å². The Hall–Kier alpha value is -0.370. The number of phosphoric acid groups is 1. The number of likely N-dealkylation sites (N-methyl/N-ethyl adjacent to an activating group) is 1. The molecule has 0 aromatic heterocycles. The summed E-state index contributed by atoms with van der Waals surface area (Å²) in [7, 11) is 1.66. The molecule has 0 aliphatic carbocycles. The SMILES string of the molecule is C#CCCOP(=O)([O-])OCC[N+](C)(C)C. The third-order valence-corrected chi connectivity index (χ3v) is 2.50. The summed E-state index contributed by atoms with van der Waals surface area (Å²) in [5, 5.41) is 0. The van der Waals surface area contributed by atoms with E-state index in [4.69, 9.17) is 6.42 Å². The summed E-state index contributed by atoms with van der Waals surface area (Å²) >= 11 is 0. The van der Waals surface area contributed by atoms with E-state index >= 15 is 0 Å². The number of quaternary nitrogens is 1. The fourth-order valence-electron chi connectivity index (χ4n) is 0.680. The van der Waals surface area contributed by atoms with E-state index in [0.717, 1.165) is 0 Å². The van der Waals surface area contributed by atoms with Gasteiger partial charge in [0.2, 0.25) is 0 Å². The number of nitrogens with zero attached hydrogens (tertiary/aromatic N) is 1. The average molecular weight is 235 g/mol. The van der Waals surface area contributed by atoms with E-state index in [9.17, 15) is 9.46 Å². The van der Waals surface area contributed by atoms with Gasteiger partial charge in [-0.3, -0.25) is 4.57 Å². The van der Waals surface area contributed by atoms with Crippen LogP contribution in [0.1, 0.15) is 6.42 Å². The van der Waals surface area contributed by atoms with Gasteiger partial charge in [0.05, 0.1) is 27.7 Å². The summed E-state index contributed by atoms with van der Waals surface area (Å²) in [6.07, 6.45) is 5.20. The molecule has 0 rings (SSSR count). The molecular weight excluding hydrogens is 217 g/mol. The molecule has 0 bridgehead atoms. The molecule has 0 spiro atoms. The Bertz CT molecular complexity index is 266. The second-order valence-corrected chi connectivity index (χ2v) is 5.49. The van der Waals surface area contributed by atoms with Gasteiger partial charge >= 0.3 is 0 Å². The van der Waals surface area contributed by atoms with Gasteiger partial charge in [-0.25, -0.2) is 0 Å². The van der Waals surface area contributed by atoms with Crippen molar-refractivity contribution in [1.29, 1.82) is 0 Å². The summed E-state index contributed by atoms with van der Waals surface area (Å²) in [5.74, 6) is 2.28. The fraction of sp³-hybridized carbons (Fsp3) is 0.778. The molecular formula is C9H18NO4P. The maximum Gasteiger partial charge on any atom is 0.268 e. The van der Waals surface area contributed by atoms with Crippen LogP contribution in [-0.4, -0.2) is 45.4 Å². The van der Waals surface area contributed by atoms with Crippen molar-refractivity contribution in [3.8, 4) is 12.3 Å². The van der Waals surface area contributed by atoms with E-state index in [1.54, 1.807) is 0 Å². The minimum atomic E-state index is -4.16. The first-order valence-corrected chi connectivity index (χ1v) is 6.07. The smallest absolute Gasteiger partial charge is 0.268 e. The van der Waals surface area contributed by atoms with Crippen molar-refractivity contribution >= 4 is 7.82 Å². The molecule has 6 heteroatoms. The zero-order chi connectivity index (χ0) is 11.9. The summed E-state index contributed by atoms with van der Waals surface area (Å²) in [5.41, 5.74) is 0. The van der Waals surface area contributed by atoms with Crippen LogP contribution in [-0.2, 0) is 13.6 Å². The van der Waals surface area contributed by atoms with E-state index in [0.29, 0.717) is 11.0 Å². The summed E-state index contributed by atoms with van der Waals surface area (Å²) < 4.78 is 20.9. The van der Waals surface area contributed by atoms with Crippen molar-refractivity contribution in [2.24, 2.45) is 0 Å². The van der Waals surface area contributed by atoms with Crippen molar-refractivity contribution in [2.75, 3.05) is 40.9 Å². The Morgan fingerprint density at radius 1 is 1.33 bits per heavy atom. The maximum absolute atomic E-state index is 11.1. The molecule has 15 heavy (non-hydrogen) atoms. The first-order chi connectivity index (χ1) is 6.77. The minimum absolute atomic E-state index is 0.0261. The predicted octanol–water partition coefficient (Wildman–Crippen LogP) is 0.217. The van der Waals surface area contributed by atoms with Crippen LogP contribution < -0.4 is 4.89 Å². The van der Waals surface area contributed by atoms with Gasteiger partial charge in [0, 0.05) is 6.42 Å². The van der Waals surface area contributed by atoms with Crippen LogP contribution in [0.25, 0.3) is 0 Å².